The van der Waals surface area contributed by atoms with Crippen LogP contribution < -0.4 is 9.64 Å². The van der Waals surface area contributed by atoms with E-state index in [1.54, 1.807) is 0 Å². The summed E-state index contributed by atoms with van der Waals surface area (Å²) in [5.41, 5.74) is 1.41. The zero-order valence-electron chi connectivity index (χ0n) is 16.2. The van der Waals surface area contributed by atoms with Gasteiger partial charge in [-0.3, -0.25) is 9.59 Å². The van der Waals surface area contributed by atoms with Crippen LogP contribution in [0.3, 0.4) is 0 Å². The molecule has 3 rings (SSSR count). The van der Waals surface area contributed by atoms with Gasteiger partial charge in [0.05, 0.1) is 5.69 Å². The molecule has 5 nitrogen and oxygen atoms in total. The summed E-state index contributed by atoms with van der Waals surface area (Å²) < 4.78 is 5.99. The third-order valence-corrected chi connectivity index (χ3v) is 5.26. The van der Waals surface area contributed by atoms with Crippen molar-refractivity contribution in [1.82, 2.24) is 4.90 Å². The summed E-state index contributed by atoms with van der Waals surface area (Å²) in [6.07, 6.45) is 3.35. The van der Waals surface area contributed by atoms with E-state index in [4.69, 9.17) is 4.74 Å². The lowest BCUT2D eigenvalue weighted by molar-refractivity contribution is -0.128. The molecule has 1 atom stereocenters. The van der Waals surface area contributed by atoms with Gasteiger partial charge in [0.15, 0.2) is 11.9 Å². The summed E-state index contributed by atoms with van der Waals surface area (Å²) in [6.45, 7) is 9.73. The summed E-state index contributed by atoms with van der Waals surface area (Å²) in [5, 5.41) is 0. The Morgan fingerprint density at radius 2 is 1.96 bits per heavy atom. The predicted molar refractivity (Wildman–Crippen MR) is 103 cm³/mol. The van der Waals surface area contributed by atoms with E-state index in [0.29, 0.717) is 24.3 Å². The molecule has 2 aliphatic rings. The Kier molecular flexibility index (Phi) is 5.97. The largest absolute Gasteiger partial charge is 0.478 e. The monoisotopic (exact) mass is 358 g/mol. The maximum atomic E-state index is 13.0. The van der Waals surface area contributed by atoms with Gasteiger partial charge in [-0.15, -0.1) is 0 Å². The van der Waals surface area contributed by atoms with Crippen LogP contribution in [0.25, 0.3) is 0 Å². The van der Waals surface area contributed by atoms with Crippen molar-refractivity contribution in [3.63, 3.8) is 0 Å². The van der Waals surface area contributed by atoms with Gasteiger partial charge < -0.3 is 14.5 Å². The highest BCUT2D eigenvalue weighted by Crippen LogP contribution is 2.36. The molecule has 142 valence electrons. The van der Waals surface area contributed by atoms with Crippen molar-refractivity contribution in [2.24, 2.45) is 5.92 Å². The first-order chi connectivity index (χ1) is 12.5. The number of likely N-dealkylation sites (tertiary alicyclic amines) is 1. The summed E-state index contributed by atoms with van der Waals surface area (Å²) in [6, 6.07) is 5.51. The van der Waals surface area contributed by atoms with E-state index >= 15 is 0 Å². The highest BCUT2D eigenvalue weighted by atomic mass is 16.5. The third-order valence-electron chi connectivity index (χ3n) is 5.26. The van der Waals surface area contributed by atoms with Crippen molar-refractivity contribution in [3.8, 4) is 5.75 Å². The number of nitrogens with zero attached hydrogens (tertiary/aromatic N) is 2. The molecule has 0 saturated carbocycles. The normalized spacial score (nSPS) is 20.4. The Morgan fingerprint density at radius 1 is 1.23 bits per heavy atom. The first-order valence-corrected chi connectivity index (χ1v) is 9.89. The average Bonchev–Trinajstić information content (AvgIpc) is 3.13. The molecule has 2 heterocycles. The van der Waals surface area contributed by atoms with Crippen molar-refractivity contribution in [3.05, 3.63) is 23.8 Å². The van der Waals surface area contributed by atoms with Crippen LogP contribution in [0.1, 0.15) is 56.8 Å². The minimum atomic E-state index is -0.460. The molecule has 0 spiro atoms. The lowest BCUT2D eigenvalue weighted by atomic mass is 10.0. The van der Waals surface area contributed by atoms with Crippen LogP contribution in [-0.2, 0) is 4.79 Å². The van der Waals surface area contributed by atoms with Gasteiger partial charge in [-0.1, -0.05) is 20.8 Å². The molecule has 1 fully saturated rings. The summed E-state index contributed by atoms with van der Waals surface area (Å²) in [7, 11) is 0. The zero-order chi connectivity index (χ0) is 18.7. The Balaban J connectivity index is 1.88. The minimum absolute atomic E-state index is 0.00628. The molecule has 0 aliphatic carbocycles. The highest BCUT2D eigenvalue weighted by Gasteiger charge is 2.36. The van der Waals surface area contributed by atoms with Crippen LogP contribution in [0.4, 0.5) is 5.69 Å². The van der Waals surface area contributed by atoms with Gasteiger partial charge in [0.2, 0.25) is 0 Å². The number of hydrogen-bond donors (Lipinski definition) is 0. The molecule has 1 amide bonds. The van der Waals surface area contributed by atoms with Crippen LogP contribution >= 0.6 is 0 Å². The number of fused-ring (bicyclic) bond motifs is 1. The van der Waals surface area contributed by atoms with E-state index < -0.39 is 6.10 Å². The Labute approximate surface area is 156 Å². The van der Waals surface area contributed by atoms with Gasteiger partial charge in [0.25, 0.3) is 5.91 Å². The summed E-state index contributed by atoms with van der Waals surface area (Å²) >= 11 is 0. The number of ether oxygens (including phenoxy) is 1. The van der Waals surface area contributed by atoms with Gasteiger partial charge in [-0.2, -0.15) is 0 Å². The number of amides is 1. The van der Waals surface area contributed by atoms with E-state index in [-0.39, 0.29) is 17.6 Å². The van der Waals surface area contributed by atoms with E-state index in [9.17, 15) is 9.59 Å². The average molecular weight is 358 g/mol. The number of ketones is 1. The van der Waals surface area contributed by atoms with Crippen LogP contribution in [0, 0.1) is 5.92 Å². The molecule has 0 radical (unpaired) electrons. The van der Waals surface area contributed by atoms with Crippen LogP contribution in [0.5, 0.6) is 5.75 Å². The molecule has 26 heavy (non-hydrogen) atoms. The fraction of sp³-hybridized carbons (Fsp3) is 0.619. The summed E-state index contributed by atoms with van der Waals surface area (Å²) in [5.74, 6) is 0.934. The standard InChI is InChI=1S/C21H30N2O3/c1-4-7-18(24)16-8-9-19-17(14-16)23(13-12-22-10-5-6-11-22)21(25)20(26-19)15(2)3/h8-9,14-15,20H,4-7,10-13H2,1-3H3. The molecule has 1 unspecified atom stereocenters. The molecule has 0 N–H and O–H groups in total. The molecule has 0 aromatic heterocycles. The SMILES string of the molecule is CCCC(=O)c1ccc2c(c1)N(CCN1CCCC1)C(=O)C(C(C)C)O2. The maximum Gasteiger partial charge on any atom is 0.268 e. The Hall–Kier alpha value is -1.88. The van der Waals surface area contributed by atoms with Crippen molar-refractivity contribution in [2.45, 2.75) is 52.6 Å². The number of anilines is 1. The smallest absolute Gasteiger partial charge is 0.268 e. The highest BCUT2D eigenvalue weighted by molar-refractivity contribution is 6.03. The number of Topliss-reactive ketones (excluding diaryl/α,β-unsaturated/α-hetero) is 1. The van der Waals surface area contributed by atoms with Gasteiger partial charge in [-0.05, 0) is 56.5 Å². The van der Waals surface area contributed by atoms with E-state index in [1.807, 2.05) is 43.9 Å². The van der Waals surface area contributed by atoms with E-state index in [1.165, 1.54) is 12.8 Å². The first kappa shape index (κ1) is 18.9. The number of carbonyl (C=O) groups is 2. The zero-order valence-corrected chi connectivity index (χ0v) is 16.2. The van der Waals surface area contributed by atoms with Crippen molar-refractivity contribution < 1.29 is 14.3 Å². The molecule has 1 aromatic rings. The molecule has 1 saturated heterocycles. The summed E-state index contributed by atoms with van der Waals surface area (Å²) in [4.78, 5) is 29.6. The second-order valence-electron chi connectivity index (χ2n) is 7.68. The molecule has 2 aliphatic heterocycles. The van der Waals surface area contributed by atoms with Gasteiger partial charge in [0, 0.05) is 25.1 Å². The van der Waals surface area contributed by atoms with Gasteiger partial charge >= 0.3 is 0 Å². The lowest BCUT2D eigenvalue weighted by Crippen LogP contribution is -2.50. The molecule has 5 heteroatoms. The number of rotatable bonds is 7. The third kappa shape index (κ3) is 3.93. The van der Waals surface area contributed by atoms with E-state index in [2.05, 4.69) is 4.90 Å². The fourth-order valence-corrected chi connectivity index (χ4v) is 3.73. The second-order valence-corrected chi connectivity index (χ2v) is 7.68. The van der Waals surface area contributed by atoms with Crippen LogP contribution in [0.2, 0.25) is 0 Å². The number of hydrogen-bond acceptors (Lipinski definition) is 4. The lowest BCUT2D eigenvalue weighted by Gasteiger charge is -2.37. The molecule has 0 bridgehead atoms. The topological polar surface area (TPSA) is 49.9 Å². The molecular weight excluding hydrogens is 328 g/mol. The van der Waals surface area contributed by atoms with Gasteiger partial charge in [0.1, 0.15) is 5.75 Å². The van der Waals surface area contributed by atoms with E-state index in [0.717, 1.165) is 31.7 Å². The van der Waals surface area contributed by atoms with Gasteiger partial charge in [-0.25, -0.2) is 0 Å². The predicted octanol–water partition coefficient (Wildman–Crippen LogP) is 3.52. The van der Waals surface area contributed by atoms with Crippen molar-refractivity contribution in [1.29, 1.82) is 0 Å². The fourth-order valence-electron chi connectivity index (χ4n) is 3.73. The van der Waals surface area contributed by atoms with Crippen molar-refractivity contribution in [2.75, 3.05) is 31.1 Å². The van der Waals surface area contributed by atoms with Crippen LogP contribution in [-0.4, -0.2) is 48.9 Å². The quantitative estimate of drug-likeness (QED) is 0.700. The minimum Gasteiger partial charge on any atom is -0.478 e. The molecular formula is C21H30N2O3. The first-order valence-electron chi connectivity index (χ1n) is 9.89. The van der Waals surface area contributed by atoms with Crippen LogP contribution in [0.15, 0.2) is 18.2 Å². The number of carbonyl (C=O) groups excluding carboxylic acids is 2. The number of benzene rings is 1. The second kappa shape index (κ2) is 8.21. The Morgan fingerprint density at radius 3 is 2.62 bits per heavy atom. The Bertz CT molecular complexity index is 665. The molecule has 1 aromatic carbocycles. The maximum absolute atomic E-state index is 13.0. The van der Waals surface area contributed by atoms with Crippen molar-refractivity contribution >= 4 is 17.4 Å².